The molecule has 0 saturated carbocycles. The Morgan fingerprint density at radius 2 is 1.68 bits per heavy atom. The third kappa shape index (κ3) is 6.69. The van der Waals surface area contributed by atoms with Gasteiger partial charge in [-0.1, -0.05) is 49.4 Å². The first kappa shape index (κ1) is 28.6. The van der Waals surface area contributed by atoms with Crippen LogP contribution in [-0.2, 0) is 11.2 Å². The van der Waals surface area contributed by atoms with Crippen molar-refractivity contribution in [1.82, 2.24) is 14.6 Å². The predicted octanol–water partition coefficient (Wildman–Crippen LogP) is 3.62. The Balaban J connectivity index is 2.11. The number of primary amides is 1. The van der Waals surface area contributed by atoms with Gasteiger partial charge in [-0.15, -0.1) is 0 Å². The molecule has 2 aromatic carbocycles. The standard InChI is InChI=1S/C28H36N6O3S/c1-6-28(2,3)31-26(36)23(19-12-14-20(15-13-19)33(4)5)34(17-16-18-10-8-7-9-11-18)27(37)24-21(29)22(25(30)35)32-38-24/h7-15,23H,6,16-17,29H2,1-5H3,(H2,30,35)(H,31,36)/t23-/m1/s1. The zero-order valence-electron chi connectivity index (χ0n) is 22.5. The Bertz CT molecular complexity index is 1270. The third-order valence-electron chi connectivity index (χ3n) is 6.53. The molecule has 0 saturated heterocycles. The summed E-state index contributed by atoms with van der Waals surface area (Å²) < 4.78 is 4.01. The van der Waals surface area contributed by atoms with E-state index in [-0.39, 0.29) is 28.7 Å². The summed E-state index contributed by atoms with van der Waals surface area (Å²) in [5.74, 6) is -1.62. The largest absolute Gasteiger partial charge is 0.395 e. The van der Waals surface area contributed by atoms with Crippen molar-refractivity contribution in [3.63, 3.8) is 0 Å². The van der Waals surface area contributed by atoms with Crippen molar-refractivity contribution in [2.45, 2.75) is 45.2 Å². The average molecular weight is 537 g/mol. The van der Waals surface area contributed by atoms with Gasteiger partial charge in [-0.3, -0.25) is 14.4 Å². The molecule has 1 aromatic heterocycles. The minimum absolute atomic E-state index is 0.0734. The minimum atomic E-state index is -0.952. The van der Waals surface area contributed by atoms with Crippen molar-refractivity contribution >= 4 is 40.6 Å². The molecule has 5 N–H and O–H groups in total. The maximum atomic E-state index is 14.0. The van der Waals surface area contributed by atoms with Gasteiger partial charge in [0.25, 0.3) is 11.8 Å². The molecule has 0 aliphatic heterocycles. The van der Waals surface area contributed by atoms with Gasteiger partial charge in [0.1, 0.15) is 10.9 Å². The Labute approximate surface area is 228 Å². The highest BCUT2D eigenvalue weighted by Gasteiger charge is 2.36. The zero-order chi connectivity index (χ0) is 28.0. The first-order valence-electron chi connectivity index (χ1n) is 12.4. The van der Waals surface area contributed by atoms with Crippen molar-refractivity contribution in [1.29, 1.82) is 0 Å². The molecule has 0 unspecified atom stereocenters. The van der Waals surface area contributed by atoms with Crippen LogP contribution >= 0.6 is 11.5 Å². The number of anilines is 2. The summed E-state index contributed by atoms with van der Waals surface area (Å²) in [7, 11) is 3.86. The molecule has 3 amide bonds. The van der Waals surface area contributed by atoms with E-state index in [1.54, 1.807) is 0 Å². The van der Waals surface area contributed by atoms with Gasteiger partial charge < -0.3 is 26.6 Å². The van der Waals surface area contributed by atoms with Crippen molar-refractivity contribution in [2.24, 2.45) is 5.73 Å². The molecule has 0 fully saturated rings. The van der Waals surface area contributed by atoms with Crippen LogP contribution in [0.2, 0.25) is 0 Å². The summed E-state index contributed by atoms with van der Waals surface area (Å²) >= 11 is 0.806. The fraction of sp³-hybridized carbons (Fsp3) is 0.357. The molecular formula is C28H36N6O3S. The Morgan fingerprint density at radius 1 is 1.05 bits per heavy atom. The lowest BCUT2D eigenvalue weighted by Gasteiger charge is -2.34. The van der Waals surface area contributed by atoms with E-state index >= 15 is 0 Å². The van der Waals surface area contributed by atoms with Crippen LogP contribution in [0.25, 0.3) is 0 Å². The monoisotopic (exact) mass is 536 g/mol. The van der Waals surface area contributed by atoms with Crippen molar-refractivity contribution in [3.8, 4) is 0 Å². The number of hydrogen-bond acceptors (Lipinski definition) is 7. The SMILES string of the molecule is CCC(C)(C)NC(=O)[C@@H](c1ccc(N(C)C)cc1)N(CCc1ccccc1)C(=O)c1snc(C(N)=O)c1N. The number of nitrogen functional groups attached to an aromatic ring is 1. The molecule has 0 bridgehead atoms. The summed E-state index contributed by atoms with van der Waals surface area (Å²) in [6, 6.07) is 16.3. The highest BCUT2D eigenvalue weighted by Crippen LogP contribution is 2.30. The van der Waals surface area contributed by atoms with Crippen molar-refractivity contribution < 1.29 is 14.4 Å². The number of hydrogen-bond donors (Lipinski definition) is 3. The molecule has 1 atom stereocenters. The van der Waals surface area contributed by atoms with Crippen LogP contribution < -0.4 is 21.7 Å². The summed E-state index contributed by atoms with van der Waals surface area (Å²) in [5.41, 5.74) is 13.4. The molecule has 10 heteroatoms. The van der Waals surface area contributed by atoms with Gasteiger partial charge in [0.15, 0.2) is 5.69 Å². The fourth-order valence-corrected chi connectivity index (χ4v) is 4.68. The molecule has 0 spiro atoms. The zero-order valence-corrected chi connectivity index (χ0v) is 23.3. The van der Waals surface area contributed by atoms with E-state index in [1.165, 1.54) is 4.90 Å². The lowest BCUT2D eigenvalue weighted by molar-refractivity contribution is -0.127. The van der Waals surface area contributed by atoms with Gasteiger partial charge in [-0.25, -0.2) is 0 Å². The maximum Gasteiger partial charge on any atom is 0.270 e. The van der Waals surface area contributed by atoms with E-state index in [0.717, 1.165) is 22.8 Å². The molecule has 3 rings (SSSR count). The van der Waals surface area contributed by atoms with Crippen LogP contribution in [0.15, 0.2) is 54.6 Å². The highest BCUT2D eigenvalue weighted by atomic mass is 32.1. The lowest BCUT2D eigenvalue weighted by Crippen LogP contribution is -2.50. The summed E-state index contributed by atoms with van der Waals surface area (Å²) in [4.78, 5) is 43.2. The second-order valence-electron chi connectivity index (χ2n) is 9.99. The first-order chi connectivity index (χ1) is 17.9. The van der Waals surface area contributed by atoms with Crippen LogP contribution in [0.1, 0.15) is 64.5 Å². The topological polar surface area (TPSA) is 135 Å². The molecule has 0 aliphatic rings. The van der Waals surface area contributed by atoms with Crippen LogP contribution in [0, 0.1) is 0 Å². The number of nitrogens with one attached hydrogen (secondary N) is 1. The third-order valence-corrected chi connectivity index (χ3v) is 7.38. The predicted molar refractivity (Wildman–Crippen MR) is 152 cm³/mol. The van der Waals surface area contributed by atoms with Crippen molar-refractivity contribution in [2.75, 3.05) is 31.3 Å². The van der Waals surface area contributed by atoms with Crippen LogP contribution in [-0.4, -0.2) is 53.2 Å². The quantitative estimate of drug-likeness (QED) is 0.343. The molecule has 1 heterocycles. The Kier molecular flexibility index (Phi) is 9.11. The number of amides is 3. The molecule has 202 valence electrons. The maximum absolute atomic E-state index is 14.0. The van der Waals surface area contributed by atoms with Crippen LogP contribution in [0.4, 0.5) is 11.4 Å². The highest BCUT2D eigenvalue weighted by molar-refractivity contribution is 7.09. The van der Waals surface area contributed by atoms with E-state index < -0.39 is 23.4 Å². The second-order valence-corrected chi connectivity index (χ2v) is 10.8. The van der Waals surface area contributed by atoms with E-state index in [1.807, 2.05) is 94.4 Å². The van der Waals surface area contributed by atoms with Gasteiger partial charge in [-0.05, 0) is 61.5 Å². The molecule has 0 radical (unpaired) electrons. The number of nitrogens with zero attached hydrogens (tertiary/aromatic N) is 3. The summed E-state index contributed by atoms with van der Waals surface area (Å²) in [5, 5.41) is 3.10. The van der Waals surface area contributed by atoms with Gasteiger partial charge in [0.05, 0.1) is 5.69 Å². The molecule has 3 aromatic rings. The molecule has 0 aliphatic carbocycles. The smallest absolute Gasteiger partial charge is 0.270 e. The average Bonchev–Trinajstić information content (AvgIpc) is 3.28. The van der Waals surface area contributed by atoms with Crippen LogP contribution in [0.3, 0.4) is 0 Å². The number of benzene rings is 2. The number of aromatic nitrogens is 1. The van der Waals surface area contributed by atoms with Gasteiger partial charge >= 0.3 is 0 Å². The first-order valence-corrected chi connectivity index (χ1v) is 13.2. The number of rotatable bonds is 11. The van der Waals surface area contributed by atoms with E-state index in [4.69, 9.17) is 11.5 Å². The second kappa shape index (κ2) is 12.1. The van der Waals surface area contributed by atoms with E-state index in [2.05, 4.69) is 9.69 Å². The lowest BCUT2D eigenvalue weighted by atomic mass is 9.98. The molecule has 9 nitrogen and oxygen atoms in total. The Morgan fingerprint density at radius 3 is 2.21 bits per heavy atom. The van der Waals surface area contributed by atoms with Gasteiger partial charge in [0, 0.05) is 31.9 Å². The minimum Gasteiger partial charge on any atom is -0.395 e. The van der Waals surface area contributed by atoms with E-state index in [9.17, 15) is 14.4 Å². The fourth-order valence-electron chi connectivity index (χ4n) is 3.92. The number of carbonyl (C=O) groups is 3. The normalized spacial score (nSPS) is 12.0. The number of carbonyl (C=O) groups excluding carboxylic acids is 3. The molecule has 38 heavy (non-hydrogen) atoms. The Hall–Kier alpha value is -3.92. The number of nitrogens with two attached hydrogens (primary N) is 2. The summed E-state index contributed by atoms with van der Waals surface area (Å²) in [6.45, 7) is 6.09. The summed E-state index contributed by atoms with van der Waals surface area (Å²) in [6.07, 6.45) is 1.21. The van der Waals surface area contributed by atoms with Gasteiger partial charge in [0.2, 0.25) is 5.91 Å². The van der Waals surface area contributed by atoms with Crippen molar-refractivity contribution in [3.05, 3.63) is 76.3 Å². The van der Waals surface area contributed by atoms with Gasteiger partial charge in [-0.2, -0.15) is 4.37 Å². The molecular weight excluding hydrogens is 500 g/mol. The van der Waals surface area contributed by atoms with Crippen LogP contribution in [0.5, 0.6) is 0 Å². The van der Waals surface area contributed by atoms with E-state index in [0.29, 0.717) is 18.4 Å².